The molecule has 0 fully saturated rings. The predicted octanol–water partition coefficient (Wildman–Crippen LogP) is 0.0577. The first-order valence-electron chi connectivity index (χ1n) is 3.25. The highest BCUT2D eigenvalue weighted by Gasteiger charge is 1.93. The molecule has 72 valence electrons. The Morgan fingerprint density at radius 2 is 1.92 bits per heavy atom. The van der Waals surface area contributed by atoms with E-state index in [1.165, 1.54) is 6.08 Å². The topological polar surface area (TPSA) is 86.6 Å². The molecule has 3 N–H and O–H groups in total. The van der Waals surface area contributed by atoms with Gasteiger partial charge in [0, 0.05) is 6.04 Å². The van der Waals surface area contributed by atoms with Gasteiger partial charge in [-0.15, -0.1) is 0 Å². The molecule has 5 nitrogen and oxygen atoms in total. The van der Waals surface area contributed by atoms with E-state index in [4.69, 9.17) is 14.4 Å². The van der Waals surface area contributed by atoms with E-state index in [0.29, 0.717) is 0 Å². The van der Waals surface area contributed by atoms with Crippen LogP contribution in [0.4, 0.5) is 0 Å². The van der Waals surface area contributed by atoms with Crippen molar-refractivity contribution in [3.63, 3.8) is 0 Å². The number of carbonyl (C=O) groups excluding carboxylic acids is 1. The fourth-order valence-corrected chi connectivity index (χ4v) is 0.343. The van der Waals surface area contributed by atoms with Gasteiger partial charge in [-0.2, -0.15) is 0 Å². The van der Waals surface area contributed by atoms with Crippen molar-refractivity contribution in [3.8, 4) is 0 Å². The second-order valence-corrected chi connectivity index (χ2v) is 2.72. The Balaban J connectivity index is 0. The lowest BCUT2D eigenvalue weighted by atomic mass is 10.4. The quantitative estimate of drug-likeness (QED) is 0.429. The van der Waals surface area contributed by atoms with Crippen molar-refractivity contribution < 1.29 is 19.1 Å². The fraction of sp³-hybridized carbons (Fsp3) is 0.500. The lowest BCUT2D eigenvalue weighted by Gasteiger charge is -2.02. The molecule has 0 aliphatic carbocycles. The molecule has 0 heterocycles. The third-order valence-corrected chi connectivity index (χ3v) is 0.616. The second kappa shape index (κ2) is 8.46. The first-order chi connectivity index (χ1) is 5.40. The van der Waals surface area contributed by atoms with E-state index in [2.05, 4.69) is 11.9 Å². The minimum atomic E-state index is -3.13. The van der Waals surface area contributed by atoms with Crippen molar-refractivity contribution in [3.05, 3.63) is 12.7 Å². The number of rotatable bonds is 2. The standard InChI is InChI=1S/C6H11NO.H3O3P/c1-4-6(8)7-5(2)3;1-4(2)3/h4-5H,1H2,2-3H3,(H,7,8);4H,(H2,1,2,3). The van der Waals surface area contributed by atoms with Gasteiger partial charge >= 0.3 is 8.25 Å². The zero-order valence-electron chi connectivity index (χ0n) is 7.07. The lowest BCUT2D eigenvalue weighted by Crippen LogP contribution is -2.27. The molecule has 0 saturated carbocycles. The van der Waals surface area contributed by atoms with Crippen LogP contribution in [0.1, 0.15) is 13.8 Å². The number of nitrogens with one attached hydrogen (secondary N) is 1. The molecule has 0 rings (SSSR count). The molecule has 0 aromatic carbocycles. The molecule has 0 aromatic rings. The van der Waals surface area contributed by atoms with Crippen LogP contribution in [0.2, 0.25) is 0 Å². The molecular formula is C6H14NO4P. The van der Waals surface area contributed by atoms with Gasteiger partial charge in [-0.1, -0.05) is 6.58 Å². The van der Waals surface area contributed by atoms with E-state index < -0.39 is 8.25 Å². The van der Waals surface area contributed by atoms with Crippen LogP contribution < -0.4 is 5.32 Å². The van der Waals surface area contributed by atoms with Gasteiger partial charge in [-0.3, -0.25) is 9.36 Å². The Labute approximate surface area is 72.1 Å². The van der Waals surface area contributed by atoms with Crippen LogP contribution >= 0.6 is 8.25 Å². The van der Waals surface area contributed by atoms with Gasteiger partial charge in [0.1, 0.15) is 0 Å². The van der Waals surface area contributed by atoms with Crippen LogP contribution in [0.5, 0.6) is 0 Å². The minimum Gasteiger partial charge on any atom is -0.350 e. The average Bonchev–Trinajstić information content (AvgIpc) is 1.84. The molecule has 0 bridgehead atoms. The molecule has 0 radical (unpaired) electrons. The first-order valence-corrected chi connectivity index (χ1v) is 4.55. The van der Waals surface area contributed by atoms with Crippen LogP contribution in [0, 0.1) is 0 Å². The first kappa shape index (κ1) is 13.9. The molecule has 0 aromatic heterocycles. The maximum Gasteiger partial charge on any atom is 0.314 e. The van der Waals surface area contributed by atoms with Gasteiger partial charge in [0.2, 0.25) is 5.91 Å². The van der Waals surface area contributed by atoms with Crippen molar-refractivity contribution in [2.75, 3.05) is 0 Å². The van der Waals surface area contributed by atoms with Crippen molar-refractivity contribution in [1.82, 2.24) is 5.32 Å². The van der Waals surface area contributed by atoms with Crippen molar-refractivity contribution in [2.45, 2.75) is 19.9 Å². The van der Waals surface area contributed by atoms with Crippen LogP contribution in [-0.2, 0) is 9.36 Å². The Morgan fingerprint density at radius 1 is 1.58 bits per heavy atom. The summed E-state index contributed by atoms with van der Waals surface area (Å²) < 4.78 is 8.74. The van der Waals surface area contributed by atoms with Crippen LogP contribution in [-0.4, -0.2) is 21.7 Å². The smallest absolute Gasteiger partial charge is 0.314 e. The SMILES string of the molecule is C=CC(=O)NC(C)C.O=[PH](O)O. The van der Waals surface area contributed by atoms with Gasteiger partial charge in [0.25, 0.3) is 0 Å². The Hall–Kier alpha value is -0.640. The van der Waals surface area contributed by atoms with E-state index in [0.717, 1.165) is 0 Å². The van der Waals surface area contributed by atoms with Gasteiger partial charge in [0.15, 0.2) is 0 Å². The normalized spacial score (nSPS) is 8.83. The third kappa shape index (κ3) is 22.8. The van der Waals surface area contributed by atoms with Crippen molar-refractivity contribution in [1.29, 1.82) is 0 Å². The molecule has 6 heteroatoms. The predicted molar refractivity (Wildman–Crippen MR) is 46.9 cm³/mol. The van der Waals surface area contributed by atoms with Gasteiger partial charge in [-0.05, 0) is 19.9 Å². The molecule has 0 atom stereocenters. The van der Waals surface area contributed by atoms with E-state index >= 15 is 0 Å². The summed E-state index contributed by atoms with van der Waals surface area (Å²) in [6.07, 6.45) is 1.26. The van der Waals surface area contributed by atoms with Crippen LogP contribution in [0.3, 0.4) is 0 Å². The van der Waals surface area contributed by atoms with E-state index in [9.17, 15) is 4.79 Å². The second-order valence-electron chi connectivity index (χ2n) is 2.15. The fourth-order valence-electron chi connectivity index (χ4n) is 0.343. The zero-order chi connectivity index (χ0) is 10.1. The molecule has 0 spiro atoms. The molecule has 0 aliphatic rings. The molecule has 0 unspecified atom stereocenters. The summed E-state index contributed by atoms with van der Waals surface area (Å²) in [6.45, 7) is 7.11. The number of hydrogen-bond donors (Lipinski definition) is 3. The van der Waals surface area contributed by atoms with Gasteiger partial charge in [0.05, 0.1) is 0 Å². The largest absolute Gasteiger partial charge is 0.350 e. The summed E-state index contributed by atoms with van der Waals surface area (Å²) in [5.41, 5.74) is 0. The Bertz CT molecular complexity index is 165. The summed E-state index contributed by atoms with van der Waals surface area (Å²) >= 11 is 0. The summed E-state index contributed by atoms with van der Waals surface area (Å²) in [6, 6.07) is 0.209. The van der Waals surface area contributed by atoms with E-state index in [1.807, 2.05) is 13.8 Å². The molecule has 0 aliphatic heterocycles. The summed E-state index contributed by atoms with van der Waals surface area (Å²) in [7, 11) is -3.13. The monoisotopic (exact) mass is 195 g/mol. The molecule has 0 saturated heterocycles. The Kier molecular flexibility index (Phi) is 9.81. The molecular weight excluding hydrogens is 181 g/mol. The summed E-state index contributed by atoms with van der Waals surface area (Å²) in [5.74, 6) is -0.111. The highest BCUT2D eigenvalue weighted by atomic mass is 31.1. The lowest BCUT2D eigenvalue weighted by molar-refractivity contribution is -0.116. The molecule has 1 amide bonds. The maximum absolute atomic E-state index is 10.4. The van der Waals surface area contributed by atoms with Gasteiger partial charge < -0.3 is 15.1 Å². The zero-order valence-corrected chi connectivity index (χ0v) is 8.07. The van der Waals surface area contributed by atoms with Gasteiger partial charge in [-0.25, -0.2) is 0 Å². The highest BCUT2D eigenvalue weighted by Crippen LogP contribution is 1.98. The summed E-state index contributed by atoms with van der Waals surface area (Å²) in [4.78, 5) is 24.7. The number of amides is 1. The van der Waals surface area contributed by atoms with E-state index in [-0.39, 0.29) is 11.9 Å². The van der Waals surface area contributed by atoms with Crippen molar-refractivity contribution >= 4 is 14.2 Å². The maximum atomic E-state index is 10.4. The average molecular weight is 195 g/mol. The number of hydrogen-bond acceptors (Lipinski definition) is 2. The molecule has 12 heavy (non-hydrogen) atoms. The highest BCUT2D eigenvalue weighted by molar-refractivity contribution is 7.30. The number of carbonyl (C=O) groups is 1. The van der Waals surface area contributed by atoms with Crippen LogP contribution in [0.25, 0.3) is 0 Å². The van der Waals surface area contributed by atoms with Crippen molar-refractivity contribution in [2.24, 2.45) is 0 Å². The summed E-state index contributed by atoms with van der Waals surface area (Å²) in [5, 5.41) is 2.64. The van der Waals surface area contributed by atoms with E-state index in [1.54, 1.807) is 0 Å². The third-order valence-electron chi connectivity index (χ3n) is 0.616. The Morgan fingerprint density at radius 3 is 2.00 bits per heavy atom. The minimum absolute atomic E-state index is 0.111. The van der Waals surface area contributed by atoms with Crippen LogP contribution in [0.15, 0.2) is 12.7 Å².